The van der Waals surface area contributed by atoms with Gasteiger partial charge in [0, 0.05) is 6.04 Å². The van der Waals surface area contributed by atoms with Crippen molar-refractivity contribution in [1.29, 1.82) is 0 Å². The second-order valence-corrected chi connectivity index (χ2v) is 6.13. The lowest BCUT2D eigenvalue weighted by Crippen LogP contribution is -2.31. The number of hydrogen-bond donors (Lipinski definition) is 2. The van der Waals surface area contributed by atoms with Crippen molar-refractivity contribution < 1.29 is 9.53 Å². The van der Waals surface area contributed by atoms with Crippen molar-refractivity contribution in [3.05, 3.63) is 23.8 Å². The lowest BCUT2D eigenvalue weighted by atomic mass is 9.85. The lowest BCUT2D eigenvalue weighted by molar-refractivity contribution is -0.118. The summed E-state index contributed by atoms with van der Waals surface area (Å²) in [5.74, 6) is 1.76. The molecular formula is C17H26N2O2. The number of hydrogen-bond acceptors (Lipinski definition) is 3. The SMILES string of the molecule is CCCNC(c1ccc2c(c1)NC(=O)CO2)C(C)C(C)C. The topological polar surface area (TPSA) is 50.4 Å². The van der Waals surface area contributed by atoms with Crippen LogP contribution in [-0.2, 0) is 4.79 Å². The summed E-state index contributed by atoms with van der Waals surface area (Å²) >= 11 is 0. The molecule has 2 rings (SSSR count). The predicted octanol–water partition coefficient (Wildman–Crippen LogP) is 3.35. The van der Waals surface area contributed by atoms with Crippen molar-refractivity contribution >= 4 is 11.6 Å². The maximum Gasteiger partial charge on any atom is 0.262 e. The van der Waals surface area contributed by atoms with E-state index in [0.29, 0.717) is 11.8 Å². The van der Waals surface area contributed by atoms with Gasteiger partial charge in [0.1, 0.15) is 5.75 Å². The van der Waals surface area contributed by atoms with Gasteiger partial charge in [-0.2, -0.15) is 0 Å². The van der Waals surface area contributed by atoms with Crippen LogP contribution in [0.25, 0.3) is 0 Å². The molecule has 4 heteroatoms. The van der Waals surface area contributed by atoms with Crippen LogP contribution in [-0.4, -0.2) is 19.1 Å². The standard InChI is InChI=1S/C17H26N2O2/c1-5-8-18-17(12(4)11(2)3)13-6-7-15-14(9-13)19-16(20)10-21-15/h6-7,9,11-12,17-18H,5,8,10H2,1-4H3,(H,19,20). The van der Waals surface area contributed by atoms with Crippen LogP contribution < -0.4 is 15.4 Å². The molecule has 0 bridgehead atoms. The van der Waals surface area contributed by atoms with E-state index in [4.69, 9.17) is 4.74 Å². The summed E-state index contributed by atoms with van der Waals surface area (Å²) in [4.78, 5) is 11.5. The maximum absolute atomic E-state index is 11.5. The smallest absolute Gasteiger partial charge is 0.262 e. The van der Waals surface area contributed by atoms with E-state index in [2.05, 4.69) is 44.4 Å². The third kappa shape index (κ3) is 3.76. The molecule has 1 aromatic rings. The highest BCUT2D eigenvalue weighted by molar-refractivity contribution is 5.95. The van der Waals surface area contributed by atoms with Crippen molar-refractivity contribution in [3.8, 4) is 5.75 Å². The largest absolute Gasteiger partial charge is 0.482 e. The zero-order valence-electron chi connectivity index (χ0n) is 13.4. The molecule has 2 N–H and O–H groups in total. The van der Waals surface area contributed by atoms with Gasteiger partial charge in [0.15, 0.2) is 6.61 Å². The highest BCUT2D eigenvalue weighted by Crippen LogP contribution is 2.34. The van der Waals surface area contributed by atoms with Gasteiger partial charge in [0.2, 0.25) is 0 Å². The molecule has 1 aromatic carbocycles. The minimum atomic E-state index is -0.0883. The molecule has 0 aromatic heterocycles. The third-order valence-electron chi connectivity index (χ3n) is 4.19. The van der Waals surface area contributed by atoms with Crippen LogP contribution in [0.3, 0.4) is 0 Å². The van der Waals surface area contributed by atoms with Gasteiger partial charge in [-0.25, -0.2) is 0 Å². The van der Waals surface area contributed by atoms with Gasteiger partial charge in [-0.15, -0.1) is 0 Å². The van der Waals surface area contributed by atoms with E-state index < -0.39 is 0 Å². The van der Waals surface area contributed by atoms with Gasteiger partial charge in [-0.1, -0.05) is 33.8 Å². The van der Waals surface area contributed by atoms with Crippen LogP contribution in [0.4, 0.5) is 5.69 Å². The summed E-state index contributed by atoms with van der Waals surface area (Å²) in [6, 6.07) is 6.38. The highest BCUT2D eigenvalue weighted by Gasteiger charge is 2.24. The molecule has 0 saturated carbocycles. The number of carbonyl (C=O) groups is 1. The average molecular weight is 290 g/mol. The quantitative estimate of drug-likeness (QED) is 0.844. The Labute approximate surface area is 127 Å². The van der Waals surface area contributed by atoms with Gasteiger partial charge >= 0.3 is 0 Å². The van der Waals surface area contributed by atoms with Crippen LogP contribution in [0.2, 0.25) is 0 Å². The van der Waals surface area contributed by atoms with Crippen LogP contribution in [0, 0.1) is 11.8 Å². The summed E-state index contributed by atoms with van der Waals surface area (Å²) in [6.07, 6.45) is 1.10. The number of anilines is 1. The first-order chi connectivity index (χ1) is 10.0. The Morgan fingerprint density at radius 1 is 1.33 bits per heavy atom. The van der Waals surface area contributed by atoms with E-state index in [9.17, 15) is 4.79 Å². The molecule has 21 heavy (non-hydrogen) atoms. The fourth-order valence-corrected chi connectivity index (χ4v) is 2.59. The van der Waals surface area contributed by atoms with E-state index in [1.54, 1.807) is 0 Å². The first-order valence-corrected chi connectivity index (χ1v) is 7.83. The molecule has 0 radical (unpaired) electrons. The van der Waals surface area contributed by atoms with Crippen LogP contribution in [0.5, 0.6) is 5.75 Å². The molecule has 1 aliphatic heterocycles. The van der Waals surface area contributed by atoms with E-state index in [1.165, 1.54) is 5.56 Å². The Morgan fingerprint density at radius 3 is 2.76 bits per heavy atom. The summed E-state index contributed by atoms with van der Waals surface area (Å²) in [6.45, 7) is 10.0. The summed E-state index contributed by atoms with van der Waals surface area (Å²) in [7, 11) is 0. The minimum Gasteiger partial charge on any atom is -0.482 e. The molecule has 0 aliphatic carbocycles. The second kappa shape index (κ2) is 6.94. The molecule has 2 unspecified atom stereocenters. The minimum absolute atomic E-state index is 0.0883. The maximum atomic E-state index is 11.5. The van der Waals surface area contributed by atoms with Crippen LogP contribution in [0.15, 0.2) is 18.2 Å². The first-order valence-electron chi connectivity index (χ1n) is 7.83. The van der Waals surface area contributed by atoms with E-state index in [0.717, 1.165) is 24.4 Å². The fraction of sp³-hybridized carbons (Fsp3) is 0.588. The van der Waals surface area contributed by atoms with Crippen molar-refractivity contribution in [1.82, 2.24) is 5.32 Å². The van der Waals surface area contributed by atoms with Crippen molar-refractivity contribution in [2.24, 2.45) is 11.8 Å². The molecule has 2 atom stereocenters. The Morgan fingerprint density at radius 2 is 2.10 bits per heavy atom. The van der Waals surface area contributed by atoms with E-state index >= 15 is 0 Å². The zero-order chi connectivity index (χ0) is 15.4. The Bertz CT molecular complexity index is 500. The number of benzene rings is 1. The monoisotopic (exact) mass is 290 g/mol. The molecule has 1 aliphatic rings. The van der Waals surface area contributed by atoms with Crippen molar-refractivity contribution in [3.63, 3.8) is 0 Å². The van der Waals surface area contributed by atoms with Gasteiger partial charge in [-0.3, -0.25) is 4.79 Å². The van der Waals surface area contributed by atoms with Crippen LogP contribution >= 0.6 is 0 Å². The lowest BCUT2D eigenvalue weighted by Gasteiger charge is -2.29. The van der Waals surface area contributed by atoms with Gasteiger partial charge < -0.3 is 15.4 Å². The zero-order valence-corrected chi connectivity index (χ0v) is 13.4. The Balaban J connectivity index is 2.27. The van der Waals surface area contributed by atoms with Crippen molar-refractivity contribution in [2.45, 2.75) is 40.2 Å². The van der Waals surface area contributed by atoms with Crippen LogP contribution in [0.1, 0.15) is 45.7 Å². The number of rotatable bonds is 6. The number of ether oxygens (including phenoxy) is 1. The van der Waals surface area contributed by atoms with Gasteiger partial charge in [-0.05, 0) is 42.5 Å². The summed E-state index contributed by atoms with van der Waals surface area (Å²) in [5, 5.41) is 6.52. The number of carbonyl (C=O) groups excluding carboxylic acids is 1. The normalized spacial score (nSPS) is 16.9. The van der Waals surface area contributed by atoms with E-state index in [1.807, 2.05) is 12.1 Å². The summed E-state index contributed by atoms with van der Waals surface area (Å²) in [5.41, 5.74) is 1.98. The molecule has 116 valence electrons. The Kier molecular flexibility index (Phi) is 5.23. The fourth-order valence-electron chi connectivity index (χ4n) is 2.59. The number of nitrogens with one attached hydrogen (secondary N) is 2. The van der Waals surface area contributed by atoms with Gasteiger partial charge in [0.05, 0.1) is 5.69 Å². The number of fused-ring (bicyclic) bond motifs is 1. The predicted molar refractivity (Wildman–Crippen MR) is 85.6 cm³/mol. The number of amides is 1. The molecule has 0 saturated heterocycles. The van der Waals surface area contributed by atoms with Gasteiger partial charge in [0.25, 0.3) is 5.91 Å². The van der Waals surface area contributed by atoms with Crippen molar-refractivity contribution in [2.75, 3.05) is 18.5 Å². The molecule has 4 nitrogen and oxygen atoms in total. The molecule has 1 heterocycles. The third-order valence-corrected chi connectivity index (χ3v) is 4.19. The molecule has 0 fully saturated rings. The first kappa shape index (κ1) is 15.8. The molecule has 1 amide bonds. The highest BCUT2D eigenvalue weighted by atomic mass is 16.5. The summed E-state index contributed by atoms with van der Waals surface area (Å²) < 4.78 is 5.43. The Hall–Kier alpha value is -1.55. The second-order valence-electron chi connectivity index (χ2n) is 6.13. The molecular weight excluding hydrogens is 264 g/mol. The average Bonchev–Trinajstić information content (AvgIpc) is 2.46. The van der Waals surface area contributed by atoms with E-state index in [-0.39, 0.29) is 18.6 Å². The molecule has 0 spiro atoms.